The van der Waals surface area contributed by atoms with E-state index in [0.29, 0.717) is 6.61 Å². The number of allylic oxidation sites excluding steroid dienone is 2. The molecular formula is C14H26O5. The molecular weight excluding hydrogens is 248 g/mol. The van der Waals surface area contributed by atoms with Gasteiger partial charge in [-0.2, -0.15) is 0 Å². The van der Waals surface area contributed by atoms with Crippen LogP contribution in [-0.2, 0) is 9.47 Å². The molecule has 1 aliphatic rings. The molecule has 0 spiro atoms. The van der Waals surface area contributed by atoms with E-state index in [9.17, 15) is 10.2 Å². The molecule has 19 heavy (non-hydrogen) atoms. The number of hydrogen-bond acceptors (Lipinski definition) is 5. The highest BCUT2D eigenvalue weighted by atomic mass is 16.6. The maximum atomic E-state index is 9.83. The molecule has 0 aromatic carbocycles. The van der Waals surface area contributed by atoms with Crippen molar-refractivity contribution in [1.29, 1.82) is 0 Å². The maximum absolute atomic E-state index is 9.83. The van der Waals surface area contributed by atoms with E-state index < -0.39 is 24.4 Å². The number of hydrogen-bond donors (Lipinski definition) is 3. The van der Waals surface area contributed by atoms with E-state index in [1.807, 2.05) is 0 Å². The van der Waals surface area contributed by atoms with Gasteiger partial charge in [-0.05, 0) is 19.3 Å². The Morgan fingerprint density at radius 1 is 1.26 bits per heavy atom. The number of unbranched alkanes of at least 4 members (excludes halogenated alkanes) is 2. The minimum atomic E-state index is -0.999. The van der Waals surface area contributed by atoms with E-state index in [2.05, 4.69) is 19.1 Å². The summed E-state index contributed by atoms with van der Waals surface area (Å²) in [5.74, 6) is 0. The minimum Gasteiger partial charge on any atom is -0.394 e. The molecule has 5 heteroatoms. The zero-order valence-corrected chi connectivity index (χ0v) is 11.6. The van der Waals surface area contributed by atoms with Crippen LogP contribution in [0.4, 0.5) is 0 Å². The smallest absolute Gasteiger partial charge is 0.114 e. The van der Waals surface area contributed by atoms with Crippen LogP contribution < -0.4 is 0 Å². The van der Waals surface area contributed by atoms with Gasteiger partial charge in [0.1, 0.15) is 24.4 Å². The lowest BCUT2D eigenvalue weighted by Crippen LogP contribution is -2.55. The van der Waals surface area contributed by atoms with Gasteiger partial charge in [0, 0.05) is 6.61 Å². The van der Waals surface area contributed by atoms with Gasteiger partial charge in [-0.25, -0.2) is 0 Å². The third kappa shape index (κ3) is 5.58. The first-order valence-electron chi connectivity index (χ1n) is 7.05. The number of rotatable bonds is 8. The largest absolute Gasteiger partial charge is 0.394 e. The van der Waals surface area contributed by atoms with E-state index in [1.54, 1.807) is 0 Å². The molecule has 1 saturated heterocycles. The van der Waals surface area contributed by atoms with Gasteiger partial charge >= 0.3 is 0 Å². The van der Waals surface area contributed by atoms with Crippen LogP contribution in [-0.4, -0.2) is 59.6 Å². The fourth-order valence-corrected chi connectivity index (χ4v) is 2.04. The fourth-order valence-electron chi connectivity index (χ4n) is 2.04. The highest BCUT2D eigenvalue weighted by Crippen LogP contribution is 2.18. The maximum Gasteiger partial charge on any atom is 0.114 e. The summed E-state index contributed by atoms with van der Waals surface area (Å²) in [4.78, 5) is 0. The van der Waals surface area contributed by atoms with Crippen molar-refractivity contribution >= 4 is 0 Å². The predicted molar refractivity (Wildman–Crippen MR) is 71.9 cm³/mol. The first kappa shape index (κ1) is 16.6. The Labute approximate surface area is 114 Å². The molecule has 1 aliphatic heterocycles. The van der Waals surface area contributed by atoms with Gasteiger partial charge in [-0.15, -0.1) is 0 Å². The van der Waals surface area contributed by atoms with Crippen LogP contribution in [0.1, 0.15) is 32.6 Å². The molecule has 0 radical (unpaired) electrons. The zero-order chi connectivity index (χ0) is 14.1. The monoisotopic (exact) mass is 274 g/mol. The van der Waals surface area contributed by atoms with Crippen molar-refractivity contribution in [1.82, 2.24) is 0 Å². The van der Waals surface area contributed by atoms with Gasteiger partial charge in [0.25, 0.3) is 0 Å². The van der Waals surface area contributed by atoms with E-state index >= 15 is 0 Å². The van der Waals surface area contributed by atoms with Crippen molar-refractivity contribution in [3.8, 4) is 0 Å². The van der Waals surface area contributed by atoms with Crippen LogP contribution in [0, 0.1) is 0 Å². The van der Waals surface area contributed by atoms with E-state index in [0.717, 1.165) is 25.7 Å². The summed E-state index contributed by atoms with van der Waals surface area (Å²) in [5, 5.41) is 28.5. The van der Waals surface area contributed by atoms with Gasteiger partial charge in [-0.3, -0.25) is 0 Å². The van der Waals surface area contributed by atoms with Crippen LogP contribution in [0.25, 0.3) is 0 Å². The summed E-state index contributed by atoms with van der Waals surface area (Å²) in [6, 6.07) is 0. The molecule has 0 aromatic heterocycles. The van der Waals surface area contributed by atoms with Crippen molar-refractivity contribution in [2.24, 2.45) is 0 Å². The highest BCUT2D eigenvalue weighted by Gasteiger charge is 2.39. The summed E-state index contributed by atoms with van der Waals surface area (Å²) in [5.41, 5.74) is 0. The first-order valence-corrected chi connectivity index (χ1v) is 7.05. The summed E-state index contributed by atoms with van der Waals surface area (Å²) < 4.78 is 10.8. The van der Waals surface area contributed by atoms with Gasteiger partial charge in [0.2, 0.25) is 0 Å². The minimum absolute atomic E-state index is 0.0337. The lowest BCUT2D eigenvalue weighted by molar-refractivity contribution is -0.211. The zero-order valence-electron chi connectivity index (χ0n) is 11.6. The Hall–Kier alpha value is -0.460. The Bertz CT molecular complexity index is 254. The first-order chi connectivity index (χ1) is 9.20. The molecule has 1 heterocycles. The van der Waals surface area contributed by atoms with Crippen LogP contribution in [0.15, 0.2) is 12.2 Å². The van der Waals surface area contributed by atoms with Crippen molar-refractivity contribution in [3.05, 3.63) is 12.2 Å². The Morgan fingerprint density at radius 3 is 2.68 bits per heavy atom. The van der Waals surface area contributed by atoms with Crippen LogP contribution in [0.5, 0.6) is 0 Å². The van der Waals surface area contributed by atoms with Gasteiger partial charge in [0.15, 0.2) is 0 Å². The molecule has 0 amide bonds. The van der Waals surface area contributed by atoms with Crippen LogP contribution in [0.2, 0.25) is 0 Å². The molecule has 1 rings (SSSR count). The summed E-state index contributed by atoms with van der Waals surface area (Å²) in [6.07, 6.45) is 5.12. The molecule has 0 saturated carbocycles. The predicted octanol–water partition coefficient (Wildman–Crippen LogP) is 0.621. The molecule has 0 unspecified atom stereocenters. The highest BCUT2D eigenvalue weighted by molar-refractivity contribution is 4.88. The summed E-state index contributed by atoms with van der Waals surface area (Å²) >= 11 is 0. The van der Waals surface area contributed by atoms with Crippen molar-refractivity contribution < 1.29 is 24.8 Å². The number of aliphatic hydroxyl groups is 3. The molecule has 112 valence electrons. The van der Waals surface area contributed by atoms with Gasteiger partial charge < -0.3 is 24.8 Å². The Balaban J connectivity index is 2.24. The molecule has 1 fully saturated rings. The molecule has 0 bridgehead atoms. The average molecular weight is 274 g/mol. The molecule has 3 N–H and O–H groups in total. The molecule has 0 aliphatic carbocycles. The van der Waals surface area contributed by atoms with Crippen LogP contribution >= 0.6 is 0 Å². The molecule has 4 atom stereocenters. The lowest BCUT2D eigenvalue weighted by atomic mass is 10.0. The normalized spacial score (nSPS) is 32.0. The Kier molecular flexibility index (Phi) is 8.25. The Morgan fingerprint density at radius 2 is 2.00 bits per heavy atom. The molecule has 0 aromatic rings. The van der Waals surface area contributed by atoms with Crippen molar-refractivity contribution in [3.63, 3.8) is 0 Å². The third-order valence-electron chi connectivity index (χ3n) is 3.21. The lowest BCUT2D eigenvalue weighted by Gasteiger charge is -2.37. The van der Waals surface area contributed by atoms with Gasteiger partial charge in [-0.1, -0.05) is 25.5 Å². The second-order valence-electron chi connectivity index (χ2n) is 4.85. The standard InChI is InChI=1S/C14H26O5/c1-2-3-4-5-6-7-8-18-14-12(9-15)19-10-11(16)13(14)17/h4-5,11-17H,2-3,6-10H2,1H3/b5-4+/t11-,12+,13+,14+/m0/s1. The second kappa shape index (κ2) is 9.44. The topological polar surface area (TPSA) is 79.2 Å². The SMILES string of the molecule is CCC/C=C/CCCO[C@H]1[C@H](O)[C@@H](O)CO[C@@H]1CO. The average Bonchev–Trinajstić information content (AvgIpc) is 2.42. The van der Waals surface area contributed by atoms with Crippen molar-refractivity contribution in [2.45, 2.75) is 57.0 Å². The summed E-state index contributed by atoms with van der Waals surface area (Å²) in [7, 11) is 0. The van der Waals surface area contributed by atoms with E-state index in [4.69, 9.17) is 14.6 Å². The number of ether oxygens (including phenoxy) is 2. The summed E-state index contributed by atoms with van der Waals surface area (Å²) in [6.45, 7) is 2.43. The quantitative estimate of drug-likeness (QED) is 0.447. The second-order valence-corrected chi connectivity index (χ2v) is 4.85. The van der Waals surface area contributed by atoms with E-state index in [-0.39, 0.29) is 13.2 Å². The van der Waals surface area contributed by atoms with E-state index in [1.165, 1.54) is 0 Å². The molecule has 5 nitrogen and oxygen atoms in total. The van der Waals surface area contributed by atoms with Gasteiger partial charge in [0.05, 0.1) is 13.2 Å². The number of aliphatic hydroxyl groups excluding tert-OH is 3. The third-order valence-corrected chi connectivity index (χ3v) is 3.21. The van der Waals surface area contributed by atoms with Crippen molar-refractivity contribution in [2.75, 3.05) is 19.8 Å². The fraction of sp³-hybridized carbons (Fsp3) is 0.857. The van der Waals surface area contributed by atoms with Crippen LogP contribution in [0.3, 0.4) is 0 Å².